The van der Waals surface area contributed by atoms with Gasteiger partial charge in [0.1, 0.15) is 5.75 Å². The summed E-state index contributed by atoms with van der Waals surface area (Å²) >= 11 is 4.37. The number of methoxy groups -OCH3 is 1. The van der Waals surface area contributed by atoms with Crippen molar-refractivity contribution in [3.8, 4) is 5.75 Å². The molecule has 0 aliphatic rings. The van der Waals surface area contributed by atoms with Crippen LogP contribution in [0.2, 0.25) is 0 Å². The first-order valence-electron chi connectivity index (χ1n) is 4.11. The molecule has 14 heavy (non-hydrogen) atoms. The van der Waals surface area contributed by atoms with Crippen LogP contribution in [0, 0.1) is 3.57 Å². The van der Waals surface area contributed by atoms with Gasteiger partial charge >= 0.3 is 0 Å². The zero-order valence-corrected chi connectivity index (χ0v) is 12.0. The van der Waals surface area contributed by atoms with Gasteiger partial charge in [0.05, 0.1) is 10.7 Å². The van der Waals surface area contributed by atoms with E-state index < -0.39 is 0 Å². The monoisotopic (exact) mass is 416 g/mol. The molecule has 0 atom stereocenters. The Bertz CT molecular complexity index is 337. The normalized spacial score (nSPS) is 9.93. The Morgan fingerprint density at radius 3 is 2.71 bits per heavy atom. The van der Waals surface area contributed by atoms with Gasteiger partial charge in [-0.25, -0.2) is 0 Å². The number of hydrogen-bond donors (Lipinski definition) is 0. The average Bonchev–Trinajstić information content (AvgIpc) is 2.18. The third-order valence-electron chi connectivity index (χ3n) is 1.80. The third-order valence-corrected chi connectivity index (χ3v) is 3.18. The first-order chi connectivity index (χ1) is 6.69. The van der Waals surface area contributed by atoms with Gasteiger partial charge in [-0.05, 0) is 40.8 Å². The maximum atomic E-state index is 11.5. The number of carbonyl (C=O) groups excluding carboxylic acids is 1. The summed E-state index contributed by atoms with van der Waals surface area (Å²) in [5.41, 5.74) is 0.770. The lowest BCUT2D eigenvalue weighted by atomic mass is 10.1. The summed E-state index contributed by atoms with van der Waals surface area (Å²) in [7, 11) is 1.63. The number of alkyl halides is 1. The predicted molar refractivity (Wildman–Crippen MR) is 73.5 cm³/mol. The second-order valence-electron chi connectivity index (χ2n) is 2.71. The van der Waals surface area contributed by atoms with Crippen molar-refractivity contribution < 1.29 is 9.53 Å². The van der Waals surface area contributed by atoms with E-state index in [1.807, 2.05) is 18.2 Å². The smallest absolute Gasteiger partial charge is 0.163 e. The molecule has 0 N–H and O–H groups in total. The van der Waals surface area contributed by atoms with Crippen LogP contribution in [-0.2, 0) is 0 Å². The lowest BCUT2D eigenvalue weighted by molar-refractivity contribution is 0.0990. The van der Waals surface area contributed by atoms with E-state index in [-0.39, 0.29) is 5.78 Å². The van der Waals surface area contributed by atoms with E-state index >= 15 is 0 Å². The molecule has 76 valence electrons. The molecule has 0 bridgehead atoms. The van der Waals surface area contributed by atoms with Gasteiger partial charge in [0.25, 0.3) is 0 Å². The highest BCUT2D eigenvalue weighted by molar-refractivity contribution is 14.1. The standard InChI is InChI=1S/C10H10I2O2/c1-14-10-3-2-7(6-8(10)12)9(13)4-5-11/h2-3,6H,4-5H2,1H3. The zero-order valence-electron chi connectivity index (χ0n) is 7.72. The minimum atomic E-state index is 0.194. The van der Waals surface area contributed by atoms with Gasteiger partial charge in [0.2, 0.25) is 0 Å². The van der Waals surface area contributed by atoms with Gasteiger partial charge < -0.3 is 4.74 Å². The van der Waals surface area contributed by atoms with Crippen molar-refractivity contribution in [1.29, 1.82) is 0 Å². The summed E-state index contributed by atoms with van der Waals surface area (Å²) in [4.78, 5) is 11.5. The highest BCUT2D eigenvalue weighted by atomic mass is 127. The summed E-state index contributed by atoms with van der Waals surface area (Å²) < 4.78 is 6.96. The molecule has 0 unspecified atom stereocenters. The number of ketones is 1. The Morgan fingerprint density at radius 2 is 2.21 bits per heavy atom. The van der Waals surface area contributed by atoms with Crippen LogP contribution in [0.1, 0.15) is 16.8 Å². The van der Waals surface area contributed by atoms with Crippen LogP contribution in [0.15, 0.2) is 18.2 Å². The molecule has 0 amide bonds. The topological polar surface area (TPSA) is 26.3 Å². The van der Waals surface area contributed by atoms with Crippen LogP contribution < -0.4 is 4.74 Å². The summed E-state index contributed by atoms with van der Waals surface area (Å²) in [6.07, 6.45) is 0.600. The molecule has 0 heterocycles. The molecule has 0 aliphatic heterocycles. The Hall–Kier alpha value is 0.150. The molecule has 1 aromatic rings. The molecule has 1 aromatic carbocycles. The van der Waals surface area contributed by atoms with Crippen LogP contribution in [0.3, 0.4) is 0 Å². The van der Waals surface area contributed by atoms with Gasteiger partial charge in [0, 0.05) is 16.4 Å². The van der Waals surface area contributed by atoms with Gasteiger partial charge in [-0.15, -0.1) is 0 Å². The predicted octanol–water partition coefficient (Wildman–Crippen LogP) is 3.31. The Morgan fingerprint density at radius 1 is 1.50 bits per heavy atom. The molecule has 0 saturated heterocycles. The highest BCUT2D eigenvalue weighted by Gasteiger charge is 2.07. The molecule has 0 aromatic heterocycles. The average molecular weight is 416 g/mol. The van der Waals surface area contributed by atoms with Crippen molar-refractivity contribution in [2.24, 2.45) is 0 Å². The van der Waals surface area contributed by atoms with Gasteiger partial charge in [-0.3, -0.25) is 4.79 Å². The maximum Gasteiger partial charge on any atom is 0.163 e. The van der Waals surface area contributed by atoms with Crippen molar-refractivity contribution >= 4 is 51.0 Å². The van der Waals surface area contributed by atoms with Crippen LogP contribution in [0.5, 0.6) is 5.75 Å². The Balaban J connectivity index is 2.91. The van der Waals surface area contributed by atoms with E-state index in [2.05, 4.69) is 45.2 Å². The number of halogens is 2. The van der Waals surface area contributed by atoms with Gasteiger partial charge in [-0.2, -0.15) is 0 Å². The number of carbonyl (C=O) groups is 1. The fraction of sp³-hybridized carbons (Fsp3) is 0.300. The Labute approximate surface area is 111 Å². The lowest BCUT2D eigenvalue weighted by Gasteiger charge is -2.04. The van der Waals surface area contributed by atoms with E-state index in [0.717, 1.165) is 19.3 Å². The van der Waals surface area contributed by atoms with Crippen LogP contribution in [0.4, 0.5) is 0 Å². The second kappa shape index (κ2) is 5.89. The second-order valence-corrected chi connectivity index (χ2v) is 4.95. The number of benzene rings is 1. The van der Waals surface area contributed by atoms with Crippen molar-refractivity contribution in [3.63, 3.8) is 0 Å². The minimum absolute atomic E-state index is 0.194. The molecule has 0 fully saturated rings. The molecule has 0 aliphatic carbocycles. The van der Waals surface area contributed by atoms with Crippen LogP contribution >= 0.6 is 45.2 Å². The quantitative estimate of drug-likeness (QED) is 0.428. The molecular formula is C10H10I2O2. The third kappa shape index (κ3) is 3.08. The van der Waals surface area contributed by atoms with E-state index in [0.29, 0.717) is 6.42 Å². The SMILES string of the molecule is COc1ccc(C(=O)CCI)cc1I. The summed E-state index contributed by atoms with van der Waals surface area (Å²) in [6.45, 7) is 0. The van der Waals surface area contributed by atoms with E-state index in [1.54, 1.807) is 7.11 Å². The molecule has 0 saturated carbocycles. The first-order valence-corrected chi connectivity index (χ1v) is 6.72. The molecule has 0 spiro atoms. The van der Waals surface area contributed by atoms with Crippen molar-refractivity contribution in [2.45, 2.75) is 6.42 Å². The minimum Gasteiger partial charge on any atom is -0.496 e. The molecule has 4 heteroatoms. The largest absolute Gasteiger partial charge is 0.496 e. The first kappa shape index (κ1) is 12.2. The fourth-order valence-electron chi connectivity index (χ4n) is 1.07. The summed E-state index contributed by atoms with van der Waals surface area (Å²) in [5, 5.41) is 0. The number of Topliss-reactive ketones (excluding diaryl/α,β-unsaturated/α-hetero) is 1. The fourth-order valence-corrected chi connectivity index (χ4v) is 2.30. The van der Waals surface area contributed by atoms with Gasteiger partial charge in [0.15, 0.2) is 5.78 Å². The Kier molecular flexibility index (Phi) is 5.14. The van der Waals surface area contributed by atoms with Crippen molar-refractivity contribution in [1.82, 2.24) is 0 Å². The lowest BCUT2D eigenvalue weighted by Crippen LogP contribution is -2.00. The number of ether oxygens (including phenoxy) is 1. The molecular weight excluding hydrogens is 406 g/mol. The van der Waals surface area contributed by atoms with Crippen LogP contribution in [-0.4, -0.2) is 17.3 Å². The van der Waals surface area contributed by atoms with Crippen LogP contribution in [0.25, 0.3) is 0 Å². The number of hydrogen-bond acceptors (Lipinski definition) is 2. The number of rotatable bonds is 4. The molecule has 2 nitrogen and oxygen atoms in total. The van der Waals surface area contributed by atoms with E-state index in [4.69, 9.17) is 4.74 Å². The highest BCUT2D eigenvalue weighted by Crippen LogP contribution is 2.22. The van der Waals surface area contributed by atoms with Gasteiger partial charge in [-0.1, -0.05) is 22.6 Å². The molecule has 1 rings (SSSR count). The van der Waals surface area contributed by atoms with E-state index in [9.17, 15) is 4.79 Å². The summed E-state index contributed by atoms with van der Waals surface area (Å²) in [6, 6.07) is 5.52. The van der Waals surface area contributed by atoms with Crippen molar-refractivity contribution in [2.75, 3.05) is 11.5 Å². The molecule has 0 radical (unpaired) electrons. The van der Waals surface area contributed by atoms with Crippen molar-refractivity contribution in [3.05, 3.63) is 27.3 Å². The zero-order chi connectivity index (χ0) is 10.6. The summed E-state index contributed by atoms with van der Waals surface area (Å²) in [5.74, 6) is 1.01. The maximum absolute atomic E-state index is 11.5. The van der Waals surface area contributed by atoms with E-state index in [1.165, 1.54) is 0 Å².